The summed E-state index contributed by atoms with van der Waals surface area (Å²) in [5.41, 5.74) is 1.79. The van der Waals surface area contributed by atoms with E-state index in [1.165, 1.54) is 12.1 Å². The molecule has 1 heterocycles. The molecule has 0 saturated carbocycles. The lowest BCUT2D eigenvalue weighted by Gasteiger charge is -2.21. The van der Waals surface area contributed by atoms with Crippen molar-refractivity contribution in [3.05, 3.63) is 75.1 Å². The van der Waals surface area contributed by atoms with Crippen LogP contribution in [0.25, 0.3) is 0 Å². The summed E-state index contributed by atoms with van der Waals surface area (Å²) in [6, 6.07) is 14.0. The molecular weight excluding hydrogens is 447 g/mol. The summed E-state index contributed by atoms with van der Waals surface area (Å²) >= 11 is 18.1. The molecule has 1 N–H and O–H groups in total. The molecule has 1 amide bonds. The minimum atomic E-state index is -0.348. The third kappa shape index (κ3) is 5.42. The van der Waals surface area contributed by atoms with E-state index in [9.17, 15) is 4.79 Å². The Kier molecular flexibility index (Phi) is 7.53. The molecule has 0 aliphatic carbocycles. The van der Waals surface area contributed by atoms with E-state index in [1.807, 2.05) is 24.3 Å². The fourth-order valence-corrected chi connectivity index (χ4v) is 3.85. The first-order chi connectivity index (χ1) is 14.4. The van der Waals surface area contributed by atoms with Crippen LogP contribution in [0.1, 0.15) is 30.2 Å². The summed E-state index contributed by atoms with van der Waals surface area (Å²) < 4.78 is 11.2. The molecule has 30 heavy (non-hydrogen) atoms. The number of carbonyl (C=O) groups excluding carboxylic acids is 1. The zero-order valence-corrected chi connectivity index (χ0v) is 18.8. The van der Waals surface area contributed by atoms with Gasteiger partial charge in [-0.05, 0) is 62.4 Å². The predicted octanol–water partition coefficient (Wildman–Crippen LogP) is 6.92. The molecule has 8 heteroatoms. The summed E-state index contributed by atoms with van der Waals surface area (Å²) in [7, 11) is 0. The summed E-state index contributed by atoms with van der Waals surface area (Å²) in [5.74, 6) is 0.589. The Morgan fingerprint density at radius 1 is 1.00 bits per heavy atom. The van der Waals surface area contributed by atoms with Crippen molar-refractivity contribution in [1.82, 2.24) is 0 Å². The number of benzene rings is 2. The van der Waals surface area contributed by atoms with E-state index in [0.29, 0.717) is 32.3 Å². The summed E-state index contributed by atoms with van der Waals surface area (Å²) in [6.45, 7) is 6.11. The highest BCUT2D eigenvalue weighted by Crippen LogP contribution is 2.36. The molecule has 0 bridgehead atoms. The van der Waals surface area contributed by atoms with Crippen LogP contribution < -0.4 is 15.0 Å². The fourth-order valence-electron chi connectivity index (χ4n) is 2.92. The number of anilines is 2. The van der Waals surface area contributed by atoms with Crippen LogP contribution in [0.5, 0.6) is 5.75 Å². The minimum Gasteiger partial charge on any atom is -0.483 e. The molecule has 0 spiro atoms. The molecule has 0 fully saturated rings. The Balaban J connectivity index is 1.61. The minimum absolute atomic E-state index is 0.0624. The maximum Gasteiger partial charge on any atom is 0.291 e. The van der Waals surface area contributed by atoms with Crippen LogP contribution in [0, 0.1) is 0 Å². The number of hydrogen-bond acceptors (Lipinski definition) is 4. The number of ether oxygens (including phenoxy) is 1. The highest BCUT2D eigenvalue weighted by molar-refractivity contribution is 6.40. The van der Waals surface area contributed by atoms with Crippen molar-refractivity contribution in [2.75, 3.05) is 23.3 Å². The average Bonchev–Trinajstić information content (AvgIpc) is 3.18. The smallest absolute Gasteiger partial charge is 0.291 e. The Morgan fingerprint density at radius 3 is 2.23 bits per heavy atom. The Bertz CT molecular complexity index is 992. The third-order valence-electron chi connectivity index (χ3n) is 4.46. The number of carbonyl (C=O) groups is 1. The normalized spacial score (nSPS) is 10.7. The molecule has 158 valence electrons. The lowest BCUT2D eigenvalue weighted by atomic mass is 10.2. The third-order valence-corrected chi connectivity index (χ3v) is 5.24. The lowest BCUT2D eigenvalue weighted by molar-refractivity contribution is 0.0992. The molecular formula is C22H21Cl3N2O3. The van der Waals surface area contributed by atoms with E-state index in [1.54, 1.807) is 12.1 Å². The first kappa shape index (κ1) is 22.3. The number of rotatable bonds is 8. The molecule has 3 rings (SSSR count). The summed E-state index contributed by atoms with van der Waals surface area (Å²) in [5, 5.41) is 3.83. The van der Waals surface area contributed by atoms with Gasteiger partial charge in [-0.3, -0.25) is 4.79 Å². The molecule has 0 radical (unpaired) electrons. The molecule has 0 atom stereocenters. The monoisotopic (exact) mass is 466 g/mol. The van der Waals surface area contributed by atoms with Gasteiger partial charge in [-0.15, -0.1) is 0 Å². The van der Waals surface area contributed by atoms with Crippen molar-refractivity contribution in [1.29, 1.82) is 0 Å². The highest BCUT2D eigenvalue weighted by Gasteiger charge is 2.14. The van der Waals surface area contributed by atoms with Gasteiger partial charge in [-0.25, -0.2) is 0 Å². The maximum absolute atomic E-state index is 12.5. The number of furan rings is 1. The van der Waals surface area contributed by atoms with Gasteiger partial charge in [0.15, 0.2) is 11.5 Å². The highest BCUT2D eigenvalue weighted by atomic mass is 35.5. The standard InChI is InChI=1S/C22H21Cl3N2O3/c1-3-27(4-2)16-7-5-15(6-8-16)26-22(28)20-10-9-17(30-20)13-29-21-18(24)11-14(23)12-19(21)25/h5-12H,3-4,13H2,1-2H3,(H,26,28). The molecule has 2 aromatic carbocycles. The molecule has 1 aromatic heterocycles. The van der Waals surface area contributed by atoms with Gasteiger partial charge in [0, 0.05) is 29.5 Å². The second kappa shape index (κ2) is 10.1. The van der Waals surface area contributed by atoms with E-state index in [4.69, 9.17) is 44.0 Å². The quantitative estimate of drug-likeness (QED) is 0.391. The van der Waals surface area contributed by atoms with Crippen LogP contribution in [0.4, 0.5) is 11.4 Å². The number of nitrogens with one attached hydrogen (secondary N) is 1. The SMILES string of the molecule is CCN(CC)c1ccc(NC(=O)c2ccc(COc3c(Cl)cc(Cl)cc3Cl)o2)cc1. The van der Waals surface area contributed by atoms with E-state index in [-0.39, 0.29) is 18.3 Å². The van der Waals surface area contributed by atoms with Crippen molar-refractivity contribution in [3.63, 3.8) is 0 Å². The molecule has 5 nitrogen and oxygen atoms in total. The van der Waals surface area contributed by atoms with Crippen molar-refractivity contribution in [2.24, 2.45) is 0 Å². The molecule has 0 aliphatic heterocycles. The van der Waals surface area contributed by atoms with Crippen LogP contribution in [0.15, 0.2) is 52.9 Å². The van der Waals surface area contributed by atoms with Crippen LogP contribution in [-0.2, 0) is 6.61 Å². The zero-order chi connectivity index (χ0) is 21.7. The Hall–Kier alpha value is -2.34. The molecule has 0 aliphatic rings. The topological polar surface area (TPSA) is 54.7 Å². The zero-order valence-electron chi connectivity index (χ0n) is 16.5. The second-order valence-electron chi connectivity index (χ2n) is 6.43. The number of halogens is 3. The van der Waals surface area contributed by atoms with Crippen molar-refractivity contribution < 1.29 is 13.9 Å². The second-order valence-corrected chi connectivity index (χ2v) is 7.68. The van der Waals surface area contributed by atoms with Gasteiger partial charge >= 0.3 is 0 Å². The Morgan fingerprint density at radius 2 is 1.63 bits per heavy atom. The van der Waals surface area contributed by atoms with Crippen molar-refractivity contribution in [3.8, 4) is 5.75 Å². The van der Waals surface area contributed by atoms with Gasteiger partial charge in [-0.2, -0.15) is 0 Å². The summed E-state index contributed by atoms with van der Waals surface area (Å²) in [6.07, 6.45) is 0. The largest absolute Gasteiger partial charge is 0.483 e. The first-order valence-electron chi connectivity index (χ1n) is 9.43. The number of amides is 1. The number of hydrogen-bond donors (Lipinski definition) is 1. The molecule has 3 aromatic rings. The van der Waals surface area contributed by atoms with Crippen LogP contribution in [0.3, 0.4) is 0 Å². The van der Waals surface area contributed by atoms with Crippen LogP contribution in [-0.4, -0.2) is 19.0 Å². The molecule has 0 saturated heterocycles. The van der Waals surface area contributed by atoms with Gasteiger partial charge in [0.1, 0.15) is 12.4 Å². The van der Waals surface area contributed by atoms with E-state index in [2.05, 4.69) is 24.1 Å². The van der Waals surface area contributed by atoms with Gasteiger partial charge in [0.2, 0.25) is 0 Å². The van der Waals surface area contributed by atoms with Gasteiger partial charge < -0.3 is 19.4 Å². The van der Waals surface area contributed by atoms with Crippen LogP contribution in [0.2, 0.25) is 15.1 Å². The fraction of sp³-hybridized carbons (Fsp3) is 0.227. The van der Waals surface area contributed by atoms with Gasteiger partial charge in [0.25, 0.3) is 5.91 Å². The van der Waals surface area contributed by atoms with Gasteiger partial charge in [0.05, 0.1) is 10.0 Å². The summed E-state index contributed by atoms with van der Waals surface area (Å²) in [4.78, 5) is 14.7. The van der Waals surface area contributed by atoms with Crippen LogP contribution >= 0.6 is 34.8 Å². The van der Waals surface area contributed by atoms with E-state index < -0.39 is 0 Å². The van der Waals surface area contributed by atoms with Crippen molar-refractivity contribution in [2.45, 2.75) is 20.5 Å². The average molecular weight is 468 g/mol. The predicted molar refractivity (Wildman–Crippen MR) is 122 cm³/mol. The first-order valence-corrected chi connectivity index (χ1v) is 10.6. The lowest BCUT2D eigenvalue weighted by Crippen LogP contribution is -2.21. The van der Waals surface area contributed by atoms with Crippen molar-refractivity contribution >= 4 is 52.1 Å². The van der Waals surface area contributed by atoms with E-state index in [0.717, 1.165) is 18.8 Å². The van der Waals surface area contributed by atoms with Gasteiger partial charge in [-0.1, -0.05) is 34.8 Å². The number of nitrogens with zero attached hydrogens (tertiary/aromatic N) is 1. The van der Waals surface area contributed by atoms with E-state index >= 15 is 0 Å². The molecule has 0 unspecified atom stereocenters. The Labute approximate surface area is 190 Å². The maximum atomic E-state index is 12.5.